The van der Waals surface area contributed by atoms with Gasteiger partial charge in [0.25, 0.3) is 0 Å². The van der Waals surface area contributed by atoms with Crippen molar-refractivity contribution < 1.29 is 8.42 Å². The lowest BCUT2D eigenvalue weighted by molar-refractivity contribution is 0.256. The van der Waals surface area contributed by atoms with E-state index in [4.69, 9.17) is 0 Å². The smallest absolute Gasteiger partial charge is 0.229 e. The molecule has 1 N–H and O–H groups in total. The van der Waals surface area contributed by atoms with Crippen LogP contribution in [0, 0.1) is 0 Å². The lowest BCUT2D eigenvalue weighted by Gasteiger charge is -2.24. The zero-order valence-corrected chi connectivity index (χ0v) is 14.0. The van der Waals surface area contributed by atoms with Gasteiger partial charge in [-0.2, -0.15) is 0 Å². The lowest BCUT2D eigenvalue weighted by atomic mass is 10.1. The molecule has 0 aliphatic heterocycles. The molecule has 4 nitrogen and oxygen atoms in total. The summed E-state index contributed by atoms with van der Waals surface area (Å²) in [5.41, 5.74) is 1.75. The minimum atomic E-state index is -3.22. The fourth-order valence-electron chi connectivity index (χ4n) is 2.06. The molecule has 1 atom stereocenters. The number of hydrogen-bond donors (Lipinski definition) is 1. The summed E-state index contributed by atoms with van der Waals surface area (Å²) in [7, 11) is -1.12. The SMILES string of the molecule is C[C@H](c1cccs1)N(C)Cc1ccc(NS(C)(=O)=O)cc1. The van der Waals surface area contributed by atoms with Crippen molar-refractivity contribution in [1.82, 2.24) is 4.90 Å². The summed E-state index contributed by atoms with van der Waals surface area (Å²) in [5.74, 6) is 0. The van der Waals surface area contributed by atoms with Crippen molar-refractivity contribution in [1.29, 1.82) is 0 Å². The van der Waals surface area contributed by atoms with Gasteiger partial charge in [-0.05, 0) is 43.1 Å². The molecule has 0 radical (unpaired) electrons. The van der Waals surface area contributed by atoms with Crippen molar-refractivity contribution in [2.24, 2.45) is 0 Å². The van der Waals surface area contributed by atoms with E-state index in [-0.39, 0.29) is 0 Å². The van der Waals surface area contributed by atoms with E-state index in [0.717, 1.165) is 18.4 Å². The van der Waals surface area contributed by atoms with Crippen LogP contribution in [0.2, 0.25) is 0 Å². The second-order valence-corrected chi connectivity index (χ2v) is 7.91. The highest BCUT2D eigenvalue weighted by Crippen LogP contribution is 2.25. The number of rotatable bonds is 6. The van der Waals surface area contributed by atoms with Crippen molar-refractivity contribution in [3.8, 4) is 0 Å². The molecule has 6 heteroatoms. The van der Waals surface area contributed by atoms with Crippen molar-refractivity contribution in [2.45, 2.75) is 19.5 Å². The van der Waals surface area contributed by atoms with Crippen molar-refractivity contribution >= 4 is 27.0 Å². The van der Waals surface area contributed by atoms with Crippen LogP contribution >= 0.6 is 11.3 Å². The van der Waals surface area contributed by atoms with Gasteiger partial charge in [-0.1, -0.05) is 18.2 Å². The van der Waals surface area contributed by atoms with Crippen molar-refractivity contribution in [3.05, 3.63) is 52.2 Å². The molecule has 21 heavy (non-hydrogen) atoms. The van der Waals surface area contributed by atoms with E-state index in [1.807, 2.05) is 12.1 Å². The number of thiophene rings is 1. The van der Waals surface area contributed by atoms with E-state index in [1.54, 1.807) is 23.5 Å². The molecule has 1 heterocycles. The molecular weight excluding hydrogens is 304 g/mol. The number of anilines is 1. The number of hydrogen-bond acceptors (Lipinski definition) is 4. The number of benzene rings is 1. The second-order valence-electron chi connectivity index (χ2n) is 5.18. The summed E-state index contributed by atoms with van der Waals surface area (Å²) in [4.78, 5) is 3.61. The van der Waals surface area contributed by atoms with Crippen LogP contribution in [-0.4, -0.2) is 26.6 Å². The molecular formula is C15H20N2O2S2. The predicted molar refractivity (Wildman–Crippen MR) is 89.1 cm³/mol. The highest BCUT2D eigenvalue weighted by Gasteiger charge is 2.12. The Bertz CT molecular complexity index is 664. The zero-order chi connectivity index (χ0) is 15.5. The Morgan fingerprint density at radius 1 is 1.24 bits per heavy atom. The molecule has 1 aromatic heterocycles. The molecule has 0 unspecified atom stereocenters. The van der Waals surface area contributed by atoms with Crippen molar-refractivity contribution in [3.63, 3.8) is 0 Å². The molecule has 0 aliphatic carbocycles. The molecule has 114 valence electrons. The van der Waals surface area contributed by atoms with Crippen LogP contribution in [0.15, 0.2) is 41.8 Å². The van der Waals surface area contributed by atoms with E-state index >= 15 is 0 Å². The maximum Gasteiger partial charge on any atom is 0.229 e. The maximum absolute atomic E-state index is 11.2. The molecule has 0 saturated carbocycles. The van der Waals surface area contributed by atoms with Gasteiger partial charge in [-0.15, -0.1) is 11.3 Å². The molecule has 0 fully saturated rings. The van der Waals surface area contributed by atoms with E-state index in [1.165, 1.54) is 4.88 Å². The van der Waals surface area contributed by atoms with Crippen LogP contribution in [0.4, 0.5) is 5.69 Å². The van der Waals surface area contributed by atoms with Crippen LogP contribution in [0.1, 0.15) is 23.4 Å². The van der Waals surface area contributed by atoms with Gasteiger partial charge < -0.3 is 0 Å². The minimum Gasteiger partial charge on any atom is -0.295 e. The van der Waals surface area contributed by atoms with Crippen LogP contribution < -0.4 is 4.72 Å². The molecule has 0 bridgehead atoms. The van der Waals surface area contributed by atoms with E-state index < -0.39 is 10.0 Å². The van der Waals surface area contributed by atoms with Gasteiger partial charge in [0, 0.05) is 23.2 Å². The average molecular weight is 324 g/mol. The number of sulfonamides is 1. The highest BCUT2D eigenvalue weighted by atomic mass is 32.2. The summed E-state index contributed by atoms with van der Waals surface area (Å²) in [6.07, 6.45) is 1.15. The zero-order valence-electron chi connectivity index (χ0n) is 12.4. The van der Waals surface area contributed by atoms with Gasteiger partial charge >= 0.3 is 0 Å². The van der Waals surface area contributed by atoms with Crippen LogP contribution in [0.3, 0.4) is 0 Å². The van der Waals surface area contributed by atoms with Gasteiger partial charge in [0.1, 0.15) is 0 Å². The Kier molecular flexibility index (Phi) is 5.03. The molecule has 0 aliphatic rings. The largest absolute Gasteiger partial charge is 0.295 e. The summed E-state index contributed by atoms with van der Waals surface area (Å²) in [6.45, 7) is 3.00. The summed E-state index contributed by atoms with van der Waals surface area (Å²) < 4.78 is 24.8. The molecule has 0 amide bonds. The monoisotopic (exact) mass is 324 g/mol. The first kappa shape index (κ1) is 16.0. The topological polar surface area (TPSA) is 49.4 Å². The predicted octanol–water partition coefficient (Wildman–Crippen LogP) is 3.31. The maximum atomic E-state index is 11.2. The molecule has 0 saturated heterocycles. The molecule has 0 spiro atoms. The fraction of sp³-hybridized carbons (Fsp3) is 0.333. The van der Waals surface area contributed by atoms with Gasteiger partial charge in [0.15, 0.2) is 0 Å². The molecule has 2 rings (SSSR count). The van der Waals surface area contributed by atoms with Gasteiger partial charge in [0.2, 0.25) is 10.0 Å². The fourth-order valence-corrected chi connectivity index (χ4v) is 3.48. The van der Waals surface area contributed by atoms with Crippen LogP contribution in [-0.2, 0) is 16.6 Å². The van der Waals surface area contributed by atoms with Gasteiger partial charge in [-0.3, -0.25) is 9.62 Å². The molecule has 2 aromatic rings. The average Bonchev–Trinajstić information content (AvgIpc) is 2.92. The summed E-state index contributed by atoms with van der Waals surface area (Å²) in [6, 6.07) is 12.1. The third-order valence-electron chi connectivity index (χ3n) is 3.31. The third-order valence-corrected chi connectivity index (χ3v) is 4.95. The standard InChI is InChI=1S/C15H20N2O2S2/c1-12(15-5-4-10-20-15)17(2)11-13-6-8-14(9-7-13)16-21(3,18)19/h4-10,12,16H,11H2,1-3H3/t12-/m1/s1. The molecule has 1 aromatic carbocycles. The lowest BCUT2D eigenvalue weighted by Crippen LogP contribution is -2.21. The first-order valence-corrected chi connectivity index (χ1v) is 9.42. The summed E-state index contributed by atoms with van der Waals surface area (Å²) >= 11 is 1.76. The van der Waals surface area contributed by atoms with Crippen molar-refractivity contribution in [2.75, 3.05) is 18.0 Å². The van der Waals surface area contributed by atoms with Crippen LogP contribution in [0.5, 0.6) is 0 Å². The summed E-state index contributed by atoms with van der Waals surface area (Å²) in [5, 5.41) is 2.09. The normalized spacial score (nSPS) is 13.3. The number of nitrogens with zero attached hydrogens (tertiary/aromatic N) is 1. The van der Waals surface area contributed by atoms with Gasteiger partial charge in [-0.25, -0.2) is 8.42 Å². The Morgan fingerprint density at radius 3 is 2.43 bits per heavy atom. The van der Waals surface area contributed by atoms with Crippen LogP contribution in [0.25, 0.3) is 0 Å². The minimum absolute atomic E-state index is 0.360. The Hall–Kier alpha value is -1.37. The second kappa shape index (κ2) is 6.60. The Labute approximate surface area is 130 Å². The van der Waals surface area contributed by atoms with E-state index in [9.17, 15) is 8.42 Å². The quantitative estimate of drug-likeness (QED) is 0.887. The van der Waals surface area contributed by atoms with E-state index in [0.29, 0.717) is 11.7 Å². The number of nitrogens with one attached hydrogen (secondary N) is 1. The highest BCUT2D eigenvalue weighted by molar-refractivity contribution is 7.92. The first-order chi connectivity index (χ1) is 9.85. The third kappa shape index (κ3) is 4.84. The Morgan fingerprint density at radius 2 is 1.90 bits per heavy atom. The Balaban J connectivity index is 2.00. The first-order valence-electron chi connectivity index (χ1n) is 6.65. The van der Waals surface area contributed by atoms with Gasteiger partial charge in [0.05, 0.1) is 6.26 Å². The van der Waals surface area contributed by atoms with E-state index in [2.05, 4.69) is 41.1 Å².